The average Bonchev–Trinajstić information content (AvgIpc) is 3.55. The van der Waals surface area contributed by atoms with Crippen molar-refractivity contribution >= 4 is 23.4 Å². The van der Waals surface area contributed by atoms with Gasteiger partial charge in [-0.2, -0.15) is 9.61 Å². The first-order valence-corrected chi connectivity index (χ1v) is 19.0. The number of piperidine rings is 3. The Labute approximate surface area is 297 Å². The van der Waals surface area contributed by atoms with Crippen LogP contribution in [0.1, 0.15) is 83.8 Å². The van der Waals surface area contributed by atoms with Crippen molar-refractivity contribution in [2.45, 2.75) is 91.2 Å². The third kappa shape index (κ3) is 9.99. The van der Waals surface area contributed by atoms with Gasteiger partial charge < -0.3 is 34.2 Å². The fourth-order valence-corrected chi connectivity index (χ4v) is 7.23. The van der Waals surface area contributed by atoms with Gasteiger partial charge in [0, 0.05) is 69.8 Å². The van der Waals surface area contributed by atoms with Crippen molar-refractivity contribution in [1.29, 1.82) is 0 Å². The number of hydrogen-bond donors (Lipinski definition) is 1. The van der Waals surface area contributed by atoms with Gasteiger partial charge in [-0.1, -0.05) is 13.0 Å². The van der Waals surface area contributed by atoms with Gasteiger partial charge in [0.1, 0.15) is 23.8 Å². The van der Waals surface area contributed by atoms with Crippen LogP contribution in [0.15, 0.2) is 30.6 Å². The molecule has 1 amide bonds. The average molecular weight is 691 g/mol. The van der Waals surface area contributed by atoms with Gasteiger partial charge >= 0.3 is 6.09 Å². The number of carbonyl (C=O) groups excluding carboxylic acids is 1. The van der Waals surface area contributed by atoms with Crippen molar-refractivity contribution < 1.29 is 19.0 Å². The molecule has 0 unspecified atom stereocenters. The van der Waals surface area contributed by atoms with Crippen LogP contribution in [0.5, 0.6) is 5.88 Å². The Balaban J connectivity index is 0.861. The van der Waals surface area contributed by atoms with Crippen molar-refractivity contribution in [3.05, 3.63) is 41.7 Å². The fraction of sp³-hybridized carbons (Fsp3) is 0.684. The lowest BCUT2D eigenvalue weighted by Crippen LogP contribution is -2.45. The molecule has 6 heterocycles. The third-order valence-corrected chi connectivity index (χ3v) is 10.2. The largest absolute Gasteiger partial charge is 0.475 e. The molecule has 1 N–H and O–H groups in total. The predicted molar refractivity (Wildman–Crippen MR) is 196 cm³/mol. The van der Waals surface area contributed by atoms with Gasteiger partial charge in [-0.3, -0.25) is 0 Å². The lowest BCUT2D eigenvalue weighted by Gasteiger charge is -2.38. The van der Waals surface area contributed by atoms with Crippen LogP contribution in [0.2, 0.25) is 0 Å². The summed E-state index contributed by atoms with van der Waals surface area (Å²) < 4.78 is 19.4. The summed E-state index contributed by atoms with van der Waals surface area (Å²) in [5.41, 5.74) is 2.72. The topological polar surface area (TPSA) is 110 Å². The highest BCUT2D eigenvalue weighted by atomic mass is 16.6. The van der Waals surface area contributed by atoms with Gasteiger partial charge in [-0.25, -0.2) is 14.8 Å². The second kappa shape index (κ2) is 17.0. The number of nitrogens with zero attached hydrogens (tertiary/aromatic N) is 7. The molecular weight excluding hydrogens is 632 g/mol. The van der Waals surface area contributed by atoms with Crippen molar-refractivity contribution in [2.75, 3.05) is 75.9 Å². The number of rotatable bonds is 13. The van der Waals surface area contributed by atoms with Gasteiger partial charge in [-0.05, 0) is 103 Å². The first kappa shape index (κ1) is 36.2. The van der Waals surface area contributed by atoms with E-state index in [1.165, 1.54) is 32.1 Å². The monoisotopic (exact) mass is 690 g/mol. The zero-order valence-corrected chi connectivity index (χ0v) is 30.7. The molecule has 0 bridgehead atoms. The molecule has 3 saturated heterocycles. The van der Waals surface area contributed by atoms with Gasteiger partial charge in [0.25, 0.3) is 0 Å². The number of pyridine rings is 1. The van der Waals surface area contributed by atoms with Crippen molar-refractivity contribution in [3.63, 3.8) is 0 Å². The van der Waals surface area contributed by atoms with E-state index in [4.69, 9.17) is 19.2 Å². The second-order valence-electron chi connectivity index (χ2n) is 15.2. The van der Waals surface area contributed by atoms with Crippen molar-refractivity contribution in [1.82, 2.24) is 29.4 Å². The Kier molecular flexibility index (Phi) is 12.3. The molecule has 0 aliphatic carbocycles. The van der Waals surface area contributed by atoms with Crippen LogP contribution < -0.4 is 15.0 Å². The highest BCUT2D eigenvalue weighted by Gasteiger charge is 2.29. The van der Waals surface area contributed by atoms with Crippen LogP contribution in [-0.2, 0) is 22.4 Å². The molecular formula is C38H58N8O4. The van der Waals surface area contributed by atoms with Crippen LogP contribution in [-0.4, -0.2) is 107 Å². The van der Waals surface area contributed by atoms with E-state index >= 15 is 0 Å². The molecule has 3 aromatic rings. The van der Waals surface area contributed by atoms with E-state index < -0.39 is 5.60 Å². The smallest absolute Gasteiger partial charge is 0.410 e. The lowest BCUT2D eigenvalue weighted by molar-refractivity contribution is 0.0152. The first-order valence-electron chi connectivity index (χ1n) is 19.0. The molecule has 50 heavy (non-hydrogen) atoms. The van der Waals surface area contributed by atoms with Gasteiger partial charge in [-0.15, -0.1) is 0 Å². The Morgan fingerprint density at radius 3 is 2.40 bits per heavy atom. The molecule has 274 valence electrons. The summed E-state index contributed by atoms with van der Waals surface area (Å²) in [5.74, 6) is 3.82. The standard InChI is InChI=1S/C38H58N8O4/c1-5-32-26-41-46-33(23-34(42-36(32)46)44-15-7-6-8-16-44)39-24-31-9-10-35(40-25-31)49-22-21-48-28-30-11-17-43(18-12-30)27-29-13-19-45(20-14-29)37(47)50-38(2,3)4/h9-10,23,25-26,29-30,39H,5-8,11-22,24,27-28H2,1-4H3. The highest BCUT2D eigenvalue weighted by Crippen LogP contribution is 2.26. The lowest BCUT2D eigenvalue weighted by atomic mass is 9.93. The Morgan fingerprint density at radius 1 is 0.940 bits per heavy atom. The molecule has 3 fully saturated rings. The maximum atomic E-state index is 12.4. The molecule has 0 aromatic carbocycles. The van der Waals surface area contributed by atoms with Gasteiger partial charge in [0.2, 0.25) is 5.88 Å². The molecule has 0 atom stereocenters. The summed E-state index contributed by atoms with van der Waals surface area (Å²) in [6.07, 6.45) is 12.7. The molecule has 0 spiro atoms. The minimum absolute atomic E-state index is 0.176. The van der Waals surface area contributed by atoms with Crippen LogP contribution in [0.25, 0.3) is 5.65 Å². The number of fused-ring (bicyclic) bond motifs is 1. The normalized spacial score (nSPS) is 18.5. The molecule has 0 saturated carbocycles. The number of hydrogen-bond acceptors (Lipinski definition) is 10. The van der Waals surface area contributed by atoms with Crippen LogP contribution in [0, 0.1) is 11.8 Å². The summed E-state index contributed by atoms with van der Waals surface area (Å²) in [6, 6.07) is 6.11. The molecule has 12 heteroatoms. The highest BCUT2D eigenvalue weighted by molar-refractivity contribution is 5.68. The van der Waals surface area contributed by atoms with Gasteiger partial charge in [0.15, 0.2) is 5.65 Å². The number of ether oxygens (including phenoxy) is 3. The molecule has 3 aliphatic heterocycles. The van der Waals surface area contributed by atoms with Gasteiger partial charge in [0.05, 0.1) is 12.8 Å². The van der Waals surface area contributed by atoms with Crippen LogP contribution in [0.4, 0.5) is 16.4 Å². The zero-order valence-electron chi connectivity index (χ0n) is 30.7. The number of carbonyl (C=O) groups is 1. The number of anilines is 2. The Hall–Kier alpha value is -3.64. The predicted octanol–water partition coefficient (Wildman–Crippen LogP) is 6.04. The van der Waals surface area contributed by atoms with Crippen LogP contribution in [0.3, 0.4) is 0 Å². The quantitative estimate of drug-likeness (QED) is 0.213. The number of nitrogens with one attached hydrogen (secondary N) is 1. The van der Waals surface area contributed by atoms with E-state index in [1.807, 2.05) is 48.6 Å². The SMILES string of the molecule is CCc1cnn2c(NCc3ccc(OCCOCC4CCN(CC5CCN(C(=O)OC(C)(C)C)CC5)CC4)nc3)cc(N3CCCCC3)nc12. The summed E-state index contributed by atoms with van der Waals surface area (Å²) in [5, 5.41) is 8.21. The van der Waals surface area contributed by atoms with Crippen molar-refractivity contribution in [2.24, 2.45) is 11.8 Å². The Morgan fingerprint density at radius 2 is 1.70 bits per heavy atom. The summed E-state index contributed by atoms with van der Waals surface area (Å²) in [6.45, 7) is 17.4. The van der Waals surface area contributed by atoms with E-state index in [0.717, 1.165) is 100 Å². The minimum atomic E-state index is -0.439. The molecule has 12 nitrogen and oxygen atoms in total. The Bertz CT molecular complexity index is 1500. The van der Waals surface area contributed by atoms with E-state index in [9.17, 15) is 4.79 Å². The maximum absolute atomic E-state index is 12.4. The number of amides is 1. The van der Waals surface area contributed by atoms with Crippen molar-refractivity contribution in [3.8, 4) is 5.88 Å². The second-order valence-corrected chi connectivity index (χ2v) is 15.2. The molecule has 3 aromatic heterocycles. The minimum Gasteiger partial charge on any atom is -0.475 e. The van der Waals surface area contributed by atoms with Crippen LogP contribution >= 0.6 is 0 Å². The summed E-state index contributed by atoms with van der Waals surface area (Å²) in [7, 11) is 0. The first-order chi connectivity index (χ1) is 24.2. The van der Waals surface area contributed by atoms with E-state index in [2.05, 4.69) is 44.3 Å². The molecule has 6 rings (SSSR count). The van der Waals surface area contributed by atoms with E-state index in [-0.39, 0.29) is 6.09 Å². The summed E-state index contributed by atoms with van der Waals surface area (Å²) >= 11 is 0. The van der Waals surface area contributed by atoms with E-state index in [0.29, 0.717) is 37.5 Å². The molecule has 0 radical (unpaired) electrons. The summed E-state index contributed by atoms with van der Waals surface area (Å²) in [4.78, 5) is 28.8. The maximum Gasteiger partial charge on any atom is 0.410 e. The number of likely N-dealkylation sites (tertiary alicyclic amines) is 2. The molecule has 3 aliphatic rings. The number of aromatic nitrogens is 4. The third-order valence-electron chi connectivity index (χ3n) is 10.2. The number of aryl methyl sites for hydroxylation is 1. The fourth-order valence-electron chi connectivity index (χ4n) is 7.23. The zero-order chi connectivity index (χ0) is 34.9. The van der Waals surface area contributed by atoms with E-state index in [1.54, 1.807) is 0 Å².